The van der Waals surface area contributed by atoms with Gasteiger partial charge in [0.15, 0.2) is 5.60 Å². The molecular weight excluding hydrogens is 418 g/mol. The molecule has 4 heterocycles. The third-order valence-electron chi connectivity index (χ3n) is 6.08. The lowest BCUT2D eigenvalue weighted by molar-refractivity contribution is -0.557. The first-order chi connectivity index (χ1) is 15.2. The summed E-state index contributed by atoms with van der Waals surface area (Å²) in [5.74, 6) is -0.423. The zero-order valence-corrected chi connectivity index (χ0v) is 17.3. The zero-order valence-electron chi connectivity index (χ0n) is 17.3. The highest BCUT2D eigenvalue weighted by Gasteiger charge is 2.45. The van der Waals surface area contributed by atoms with Gasteiger partial charge >= 0.3 is 12.2 Å². The van der Waals surface area contributed by atoms with E-state index in [2.05, 4.69) is 4.98 Å². The second-order valence-corrected chi connectivity index (χ2v) is 7.96. The smallest absolute Gasteiger partial charge is 0.350 e. The molecule has 1 aromatic carbocycles. The first kappa shape index (κ1) is 20.1. The molecular formula is C22H19N3O7. The van der Waals surface area contributed by atoms with E-state index in [0.717, 1.165) is 5.56 Å². The van der Waals surface area contributed by atoms with Crippen LogP contribution in [0.4, 0.5) is 0 Å². The number of esters is 1. The van der Waals surface area contributed by atoms with Crippen LogP contribution < -0.4 is 10.3 Å². The highest BCUT2D eigenvalue weighted by atomic mass is 16.7. The normalized spacial score (nSPS) is 19.7. The molecule has 2 atom stereocenters. The number of aliphatic hydroxyl groups is 1. The Morgan fingerprint density at radius 2 is 2.12 bits per heavy atom. The number of fused-ring (bicyclic) bond motifs is 5. The molecule has 2 aliphatic rings. The summed E-state index contributed by atoms with van der Waals surface area (Å²) in [5, 5.41) is 22.5. The molecule has 10 heteroatoms. The number of aromatic nitrogens is 2. The van der Waals surface area contributed by atoms with Gasteiger partial charge in [0.25, 0.3) is 5.56 Å². The number of cyclic esters (lactones) is 1. The second kappa shape index (κ2) is 6.86. The maximum atomic E-state index is 13.2. The van der Waals surface area contributed by atoms with Gasteiger partial charge in [-0.3, -0.25) is 14.9 Å². The van der Waals surface area contributed by atoms with Crippen molar-refractivity contribution in [3.05, 3.63) is 67.5 Å². The number of hydrogen-bond donors (Lipinski definition) is 1. The summed E-state index contributed by atoms with van der Waals surface area (Å²) >= 11 is 0. The van der Waals surface area contributed by atoms with Gasteiger partial charge in [0.05, 0.1) is 33.9 Å². The summed E-state index contributed by atoms with van der Waals surface area (Å²) in [6.07, 6.45) is -1.11. The van der Waals surface area contributed by atoms with E-state index in [1.165, 1.54) is 6.92 Å². The number of carbonyl (C=O) groups is 1. The lowest BCUT2D eigenvalue weighted by Gasteiger charge is -2.31. The van der Waals surface area contributed by atoms with Gasteiger partial charge in [0.1, 0.15) is 12.4 Å². The number of benzene rings is 1. The van der Waals surface area contributed by atoms with E-state index in [0.29, 0.717) is 28.0 Å². The van der Waals surface area contributed by atoms with Gasteiger partial charge in [-0.15, -0.1) is 0 Å². The van der Waals surface area contributed by atoms with Crippen LogP contribution >= 0.6 is 0 Å². The number of pyridine rings is 2. The molecule has 5 rings (SSSR count). The SMILES string of the molecule is CC[C@@]1(O)C(=O)OCc2c1cc1n(c2=O)Cc2cc3cc(OC(C)[N+](=O)[O-])ccc3nc2-1. The van der Waals surface area contributed by atoms with Gasteiger partial charge < -0.3 is 19.1 Å². The molecule has 10 nitrogen and oxygen atoms in total. The van der Waals surface area contributed by atoms with Crippen molar-refractivity contribution in [1.29, 1.82) is 0 Å². The number of carbonyl (C=O) groups excluding carboxylic acids is 1. The van der Waals surface area contributed by atoms with Crippen LogP contribution in [0.25, 0.3) is 22.3 Å². The molecule has 0 saturated heterocycles. The molecule has 0 saturated carbocycles. The molecule has 164 valence electrons. The molecule has 0 bridgehead atoms. The predicted octanol–water partition coefficient (Wildman–Crippen LogP) is 2.08. The largest absolute Gasteiger partial charge is 0.458 e. The van der Waals surface area contributed by atoms with Crippen LogP contribution in [0.5, 0.6) is 5.75 Å². The summed E-state index contributed by atoms with van der Waals surface area (Å²) in [5.41, 5.74) is 0.832. The molecule has 3 aromatic rings. The number of hydrogen-bond acceptors (Lipinski definition) is 8. The summed E-state index contributed by atoms with van der Waals surface area (Å²) < 4.78 is 12.0. The molecule has 2 aliphatic heterocycles. The van der Waals surface area contributed by atoms with E-state index in [-0.39, 0.29) is 36.3 Å². The molecule has 0 radical (unpaired) electrons. The Morgan fingerprint density at radius 3 is 2.84 bits per heavy atom. The Kier molecular flexibility index (Phi) is 4.31. The van der Waals surface area contributed by atoms with Crippen molar-refractivity contribution in [2.24, 2.45) is 0 Å². The second-order valence-electron chi connectivity index (χ2n) is 7.96. The van der Waals surface area contributed by atoms with E-state index in [4.69, 9.17) is 9.47 Å². The highest BCUT2D eigenvalue weighted by Crippen LogP contribution is 2.38. The first-order valence-electron chi connectivity index (χ1n) is 10.1. The van der Waals surface area contributed by atoms with Crippen molar-refractivity contribution in [3.63, 3.8) is 0 Å². The topological polar surface area (TPSA) is 134 Å². The van der Waals surface area contributed by atoms with Crippen LogP contribution in [0.2, 0.25) is 0 Å². The van der Waals surface area contributed by atoms with Gasteiger partial charge in [-0.25, -0.2) is 9.78 Å². The van der Waals surface area contributed by atoms with Gasteiger partial charge in [-0.1, -0.05) is 6.92 Å². The quantitative estimate of drug-likeness (QED) is 0.222. The average molecular weight is 437 g/mol. The summed E-state index contributed by atoms with van der Waals surface area (Å²) in [7, 11) is 0. The number of nitrogens with zero attached hydrogens (tertiary/aromatic N) is 3. The summed E-state index contributed by atoms with van der Waals surface area (Å²) in [6.45, 7) is 3.09. The Morgan fingerprint density at radius 1 is 1.34 bits per heavy atom. The van der Waals surface area contributed by atoms with Crippen LogP contribution in [0.1, 0.15) is 37.0 Å². The minimum Gasteiger partial charge on any atom is -0.458 e. The van der Waals surface area contributed by atoms with Gasteiger partial charge in [-0.05, 0) is 36.8 Å². The molecule has 1 N–H and O–H groups in total. The third-order valence-corrected chi connectivity index (χ3v) is 6.08. The number of nitro groups is 1. The van der Waals surface area contributed by atoms with E-state index in [9.17, 15) is 24.8 Å². The monoisotopic (exact) mass is 437 g/mol. The number of ether oxygens (including phenoxy) is 2. The Bertz CT molecular complexity index is 1380. The Hall–Kier alpha value is -3.79. The van der Waals surface area contributed by atoms with Crippen molar-refractivity contribution in [2.75, 3.05) is 0 Å². The molecule has 32 heavy (non-hydrogen) atoms. The van der Waals surface area contributed by atoms with E-state index < -0.39 is 22.7 Å². The molecule has 0 amide bonds. The van der Waals surface area contributed by atoms with Crippen molar-refractivity contribution < 1.29 is 24.3 Å². The van der Waals surface area contributed by atoms with Crippen LogP contribution in [0, 0.1) is 10.1 Å². The Labute approximate surface area is 181 Å². The van der Waals surface area contributed by atoms with E-state index in [1.807, 2.05) is 6.07 Å². The maximum absolute atomic E-state index is 13.2. The van der Waals surface area contributed by atoms with Crippen LogP contribution in [0.3, 0.4) is 0 Å². The Balaban J connectivity index is 1.63. The zero-order chi connectivity index (χ0) is 22.8. The maximum Gasteiger partial charge on any atom is 0.350 e. The van der Waals surface area contributed by atoms with E-state index >= 15 is 0 Å². The van der Waals surface area contributed by atoms with Crippen LogP contribution in [-0.4, -0.2) is 31.8 Å². The lowest BCUT2D eigenvalue weighted by Crippen LogP contribution is -2.44. The standard InChI is InChI=1S/C22H19N3O7/c1-3-22(28)16-8-18-19-13(9-24(18)20(26)15(16)10-31-21(22)27)6-12-7-14(4-5-17(12)23-19)32-11(2)25(29)30/h4-8,11,28H,3,9-10H2,1-2H3/t11?,22-/m0/s1. The summed E-state index contributed by atoms with van der Waals surface area (Å²) in [4.78, 5) is 40.4. The first-order valence-corrected chi connectivity index (χ1v) is 10.1. The fourth-order valence-electron chi connectivity index (χ4n) is 4.28. The van der Waals surface area contributed by atoms with E-state index in [1.54, 1.807) is 35.8 Å². The van der Waals surface area contributed by atoms with Crippen LogP contribution in [-0.2, 0) is 28.3 Å². The molecule has 1 unspecified atom stereocenters. The number of rotatable bonds is 4. The lowest BCUT2D eigenvalue weighted by atomic mass is 9.86. The minimum atomic E-state index is -1.87. The van der Waals surface area contributed by atoms with Crippen molar-refractivity contribution in [3.8, 4) is 17.1 Å². The van der Waals surface area contributed by atoms with Crippen molar-refractivity contribution >= 4 is 16.9 Å². The molecule has 0 fully saturated rings. The molecule has 2 aromatic heterocycles. The van der Waals surface area contributed by atoms with Gasteiger partial charge in [-0.2, -0.15) is 0 Å². The highest BCUT2D eigenvalue weighted by molar-refractivity contribution is 5.87. The fourth-order valence-corrected chi connectivity index (χ4v) is 4.28. The summed E-state index contributed by atoms with van der Waals surface area (Å²) in [6, 6.07) is 8.47. The van der Waals surface area contributed by atoms with Crippen molar-refractivity contribution in [2.45, 2.75) is 45.2 Å². The third kappa shape index (κ3) is 2.79. The van der Waals surface area contributed by atoms with Crippen LogP contribution in [0.15, 0.2) is 35.1 Å². The minimum absolute atomic E-state index is 0.0745. The van der Waals surface area contributed by atoms with Gasteiger partial charge in [0.2, 0.25) is 0 Å². The molecule has 0 aliphatic carbocycles. The fraction of sp³-hybridized carbons (Fsp3) is 0.318. The van der Waals surface area contributed by atoms with Crippen molar-refractivity contribution in [1.82, 2.24) is 9.55 Å². The predicted molar refractivity (Wildman–Crippen MR) is 112 cm³/mol. The average Bonchev–Trinajstić information content (AvgIpc) is 3.13. The molecule has 0 spiro atoms. The van der Waals surface area contributed by atoms with Gasteiger partial charge in [0, 0.05) is 23.4 Å².